The maximum absolute atomic E-state index is 5.81. The maximum Gasteiger partial charge on any atom is 0.117 e. The van der Waals surface area contributed by atoms with E-state index in [9.17, 15) is 0 Å². The van der Waals surface area contributed by atoms with Gasteiger partial charge < -0.3 is 10.1 Å². The fraction of sp³-hybridized carbons (Fsp3) is 0.294. The molecule has 3 rings (SSSR count). The lowest BCUT2D eigenvalue weighted by Crippen LogP contribution is -2.31. The minimum absolute atomic E-state index is 0.252. The van der Waals surface area contributed by atoms with E-state index >= 15 is 0 Å². The molecule has 0 aliphatic carbocycles. The summed E-state index contributed by atoms with van der Waals surface area (Å²) in [5, 5.41) is 3.29. The Morgan fingerprint density at radius 1 is 1.10 bits per heavy atom. The third kappa shape index (κ3) is 2.48. The minimum atomic E-state index is -0.252. The number of rotatable bonds is 1. The Morgan fingerprint density at radius 3 is 2.65 bits per heavy atom. The second-order valence-electron chi connectivity index (χ2n) is 5.75. The lowest BCUT2D eigenvalue weighted by atomic mass is 9.91. The number of hydrogen-bond acceptors (Lipinski definition) is 2. The summed E-state index contributed by atoms with van der Waals surface area (Å²) in [7, 11) is 0. The molecule has 104 valence electrons. The highest BCUT2D eigenvalue weighted by atomic mass is 79.9. The normalized spacial score (nSPS) is 16.4. The molecule has 2 nitrogen and oxygen atoms in total. The summed E-state index contributed by atoms with van der Waals surface area (Å²) in [6.07, 6.45) is 0. The van der Waals surface area contributed by atoms with Crippen LogP contribution in [0.1, 0.15) is 25.0 Å². The number of anilines is 1. The molecule has 0 unspecified atom stereocenters. The monoisotopic (exact) mass is 331 g/mol. The van der Waals surface area contributed by atoms with Gasteiger partial charge in [-0.3, -0.25) is 0 Å². The smallest absolute Gasteiger partial charge is 0.117 e. The van der Waals surface area contributed by atoms with E-state index in [4.69, 9.17) is 4.74 Å². The van der Waals surface area contributed by atoms with Gasteiger partial charge in [0.2, 0.25) is 0 Å². The lowest BCUT2D eigenvalue weighted by molar-refractivity contribution is -0.0178. The third-order valence-electron chi connectivity index (χ3n) is 3.74. The number of halogens is 1. The Balaban J connectivity index is 2.12. The highest BCUT2D eigenvalue weighted by Crippen LogP contribution is 2.37. The quantitative estimate of drug-likeness (QED) is 0.788. The maximum atomic E-state index is 5.81. The van der Waals surface area contributed by atoms with Crippen molar-refractivity contribution in [2.24, 2.45) is 0 Å². The van der Waals surface area contributed by atoms with E-state index in [1.807, 2.05) is 0 Å². The summed E-state index contributed by atoms with van der Waals surface area (Å²) in [6, 6.07) is 13.0. The van der Waals surface area contributed by atoms with E-state index in [-0.39, 0.29) is 5.60 Å². The van der Waals surface area contributed by atoms with Crippen molar-refractivity contribution < 1.29 is 4.74 Å². The van der Waals surface area contributed by atoms with Crippen molar-refractivity contribution in [2.75, 3.05) is 12.0 Å². The first kappa shape index (κ1) is 13.7. The molecule has 1 aliphatic heterocycles. The summed E-state index contributed by atoms with van der Waals surface area (Å²) in [4.78, 5) is 0. The minimum Gasteiger partial charge on any atom is -0.362 e. The van der Waals surface area contributed by atoms with Crippen LogP contribution in [-0.2, 0) is 10.3 Å². The zero-order valence-electron chi connectivity index (χ0n) is 12.0. The van der Waals surface area contributed by atoms with Gasteiger partial charge in [0, 0.05) is 15.7 Å². The summed E-state index contributed by atoms with van der Waals surface area (Å²) in [5.74, 6) is 0. The fourth-order valence-electron chi connectivity index (χ4n) is 2.65. The van der Waals surface area contributed by atoms with Crippen LogP contribution >= 0.6 is 15.9 Å². The largest absolute Gasteiger partial charge is 0.362 e. The highest BCUT2D eigenvalue weighted by molar-refractivity contribution is 9.10. The molecular weight excluding hydrogens is 314 g/mol. The summed E-state index contributed by atoms with van der Waals surface area (Å²) in [6.45, 7) is 6.90. The zero-order valence-corrected chi connectivity index (χ0v) is 13.5. The molecule has 1 aliphatic rings. The van der Waals surface area contributed by atoms with Gasteiger partial charge in [-0.2, -0.15) is 0 Å². The van der Waals surface area contributed by atoms with Gasteiger partial charge in [0.1, 0.15) is 6.73 Å². The Morgan fingerprint density at radius 2 is 1.90 bits per heavy atom. The fourth-order valence-corrected chi connectivity index (χ4v) is 3.26. The van der Waals surface area contributed by atoms with Crippen LogP contribution in [0.5, 0.6) is 0 Å². The number of hydrogen-bond donors (Lipinski definition) is 1. The van der Waals surface area contributed by atoms with Crippen LogP contribution in [-0.4, -0.2) is 6.73 Å². The molecule has 1 N–H and O–H groups in total. The van der Waals surface area contributed by atoms with E-state index in [2.05, 4.69) is 78.4 Å². The van der Waals surface area contributed by atoms with E-state index < -0.39 is 0 Å². The third-order valence-corrected chi connectivity index (χ3v) is 4.20. The highest BCUT2D eigenvalue weighted by Gasteiger charge is 2.28. The molecule has 0 bridgehead atoms. The van der Waals surface area contributed by atoms with Crippen LogP contribution in [0.2, 0.25) is 0 Å². The van der Waals surface area contributed by atoms with Gasteiger partial charge in [-0.25, -0.2) is 0 Å². The molecule has 0 amide bonds. The van der Waals surface area contributed by atoms with Crippen LogP contribution in [0.15, 0.2) is 40.9 Å². The number of fused-ring (bicyclic) bond motifs is 1. The van der Waals surface area contributed by atoms with Crippen molar-refractivity contribution in [3.8, 4) is 11.1 Å². The van der Waals surface area contributed by atoms with E-state index in [0.717, 1.165) is 10.2 Å². The number of ether oxygens (including phenoxy) is 1. The first-order valence-corrected chi connectivity index (χ1v) is 7.55. The number of aryl methyl sites for hydroxylation is 1. The van der Waals surface area contributed by atoms with Crippen molar-refractivity contribution in [1.82, 2.24) is 0 Å². The van der Waals surface area contributed by atoms with Gasteiger partial charge in [0.25, 0.3) is 0 Å². The van der Waals surface area contributed by atoms with Crippen LogP contribution in [0.25, 0.3) is 11.1 Å². The van der Waals surface area contributed by atoms with Gasteiger partial charge in [-0.05, 0) is 61.7 Å². The molecule has 0 saturated heterocycles. The number of nitrogens with one attached hydrogen (secondary N) is 1. The van der Waals surface area contributed by atoms with Crippen molar-refractivity contribution in [2.45, 2.75) is 26.4 Å². The van der Waals surface area contributed by atoms with Crippen molar-refractivity contribution in [3.63, 3.8) is 0 Å². The van der Waals surface area contributed by atoms with Gasteiger partial charge in [-0.15, -0.1) is 0 Å². The Labute approximate surface area is 128 Å². The molecular formula is C17H18BrNO. The van der Waals surface area contributed by atoms with Crippen LogP contribution < -0.4 is 5.32 Å². The molecule has 0 atom stereocenters. The molecule has 2 aromatic rings. The predicted molar refractivity (Wildman–Crippen MR) is 86.9 cm³/mol. The van der Waals surface area contributed by atoms with Crippen molar-refractivity contribution in [1.29, 1.82) is 0 Å². The van der Waals surface area contributed by atoms with Gasteiger partial charge in [-0.1, -0.05) is 28.1 Å². The van der Waals surface area contributed by atoms with Crippen molar-refractivity contribution >= 4 is 21.6 Å². The molecule has 20 heavy (non-hydrogen) atoms. The Hall–Kier alpha value is -1.32. The second kappa shape index (κ2) is 4.90. The Bertz CT molecular complexity index is 644. The average Bonchev–Trinajstić information content (AvgIpc) is 2.37. The average molecular weight is 332 g/mol. The first-order valence-electron chi connectivity index (χ1n) is 6.76. The van der Waals surface area contributed by atoms with Crippen LogP contribution in [0, 0.1) is 6.92 Å². The van der Waals surface area contributed by atoms with Gasteiger partial charge >= 0.3 is 0 Å². The lowest BCUT2D eigenvalue weighted by Gasteiger charge is -2.34. The molecule has 2 aromatic carbocycles. The summed E-state index contributed by atoms with van der Waals surface area (Å²) >= 11 is 3.57. The van der Waals surface area contributed by atoms with E-state index in [1.54, 1.807) is 0 Å². The standard InChI is InChI=1S/C17H18BrNO/c1-11-6-13(8-14(18)7-11)12-4-5-16-15(9-12)17(2,3)20-10-19-16/h4-9,19H,10H2,1-3H3. The SMILES string of the molecule is Cc1cc(Br)cc(-c2ccc3c(c2)C(C)(C)OCN3)c1. The molecule has 0 fully saturated rings. The van der Waals surface area contributed by atoms with Gasteiger partial charge in [0.05, 0.1) is 5.60 Å². The van der Waals surface area contributed by atoms with E-state index in [0.29, 0.717) is 6.73 Å². The summed E-state index contributed by atoms with van der Waals surface area (Å²) in [5.41, 5.74) is 5.81. The molecule has 1 heterocycles. The second-order valence-corrected chi connectivity index (χ2v) is 6.67. The number of benzene rings is 2. The first-order chi connectivity index (χ1) is 9.45. The van der Waals surface area contributed by atoms with Gasteiger partial charge in [0.15, 0.2) is 0 Å². The molecule has 0 spiro atoms. The topological polar surface area (TPSA) is 21.3 Å². The van der Waals surface area contributed by atoms with Crippen LogP contribution in [0.4, 0.5) is 5.69 Å². The predicted octanol–water partition coefficient (Wildman–Crippen LogP) is 5.06. The molecule has 0 saturated carbocycles. The Kier molecular flexibility index (Phi) is 3.35. The molecule has 0 aromatic heterocycles. The zero-order chi connectivity index (χ0) is 14.3. The molecule has 0 radical (unpaired) electrons. The molecule has 3 heteroatoms. The van der Waals surface area contributed by atoms with E-state index in [1.165, 1.54) is 22.3 Å². The van der Waals surface area contributed by atoms with Crippen molar-refractivity contribution in [3.05, 3.63) is 52.0 Å². The summed E-state index contributed by atoms with van der Waals surface area (Å²) < 4.78 is 6.92. The van der Waals surface area contributed by atoms with Crippen LogP contribution in [0.3, 0.4) is 0 Å².